The van der Waals surface area contributed by atoms with E-state index in [2.05, 4.69) is 4.98 Å². The number of carbonyl (C=O) groups is 2. The Morgan fingerprint density at radius 1 is 1.21 bits per heavy atom. The van der Waals surface area contributed by atoms with Crippen molar-refractivity contribution in [3.63, 3.8) is 0 Å². The van der Waals surface area contributed by atoms with Crippen molar-refractivity contribution in [2.45, 2.75) is 46.6 Å². The van der Waals surface area contributed by atoms with Crippen molar-refractivity contribution in [3.8, 4) is 11.8 Å². The first-order valence-corrected chi connectivity index (χ1v) is 9.37. The smallest absolute Gasteiger partial charge is 0.306 e. The number of aromatic nitrogens is 1. The number of nitrogens with one attached hydrogen (secondary N) is 1. The second kappa shape index (κ2) is 9.69. The summed E-state index contributed by atoms with van der Waals surface area (Å²) in [5, 5.41) is 9.12. The number of benzene rings is 1. The molecular formula is C22H24N2O5. The van der Waals surface area contributed by atoms with E-state index in [0.29, 0.717) is 35.6 Å². The molecule has 0 saturated heterocycles. The molecule has 152 valence electrons. The minimum absolute atomic E-state index is 0.0273. The van der Waals surface area contributed by atoms with Gasteiger partial charge < -0.3 is 14.5 Å². The van der Waals surface area contributed by atoms with E-state index in [1.165, 1.54) is 6.92 Å². The molecule has 1 aromatic heterocycles. The highest BCUT2D eigenvalue weighted by atomic mass is 16.5. The molecule has 7 heteroatoms. The van der Waals surface area contributed by atoms with Crippen LogP contribution in [0.4, 0.5) is 0 Å². The zero-order valence-electron chi connectivity index (χ0n) is 17.0. The molecule has 29 heavy (non-hydrogen) atoms. The highest BCUT2D eigenvalue weighted by molar-refractivity contribution is 6.00. The molecule has 0 bridgehead atoms. The van der Waals surface area contributed by atoms with E-state index in [4.69, 9.17) is 14.7 Å². The molecule has 2 rings (SSSR count). The summed E-state index contributed by atoms with van der Waals surface area (Å²) in [6.07, 6.45) is -0.598. The summed E-state index contributed by atoms with van der Waals surface area (Å²) in [6, 6.07) is 8.54. The third kappa shape index (κ3) is 5.32. The van der Waals surface area contributed by atoms with E-state index in [0.717, 1.165) is 5.56 Å². The van der Waals surface area contributed by atoms with Gasteiger partial charge in [0.1, 0.15) is 17.4 Å². The van der Waals surface area contributed by atoms with Crippen LogP contribution in [0, 0.1) is 25.2 Å². The number of aryl methyl sites for hydroxylation is 1. The number of esters is 1. The molecule has 0 radical (unpaired) electrons. The third-order valence-electron chi connectivity index (χ3n) is 4.63. The number of pyridine rings is 1. The topological polar surface area (TPSA) is 109 Å². The normalized spacial score (nSPS) is 11.4. The maximum atomic E-state index is 12.5. The summed E-state index contributed by atoms with van der Waals surface area (Å²) in [4.78, 5) is 39.1. The number of H-pyrrole nitrogens is 1. The van der Waals surface area contributed by atoms with Gasteiger partial charge in [-0.05, 0) is 69.5 Å². The van der Waals surface area contributed by atoms with E-state index in [1.807, 2.05) is 13.0 Å². The van der Waals surface area contributed by atoms with Gasteiger partial charge >= 0.3 is 5.97 Å². The SMILES string of the molecule is CCOc1ccc(C(=O)[C@@H](C)OC(=O)CCc2c(C)[nH]c(=O)c(C#N)c2C)cc1. The molecular weight excluding hydrogens is 372 g/mol. The van der Waals surface area contributed by atoms with Gasteiger partial charge in [-0.15, -0.1) is 0 Å². The Morgan fingerprint density at radius 3 is 2.45 bits per heavy atom. The number of Topliss-reactive ketones (excluding diaryl/α,β-unsaturated/α-hetero) is 1. The molecule has 0 amide bonds. The first-order chi connectivity index (χ1) is 13.8. The second-order valence-corrected chi connectivity index (χ2v) is 6.62. The van der Waals surface area contributed by atoms with Gasteiger partial charge in [-0.25, -0.2) is 0 Å². The number of carbonyl (C=O) groups excluding carboxylic acids is 2. The highest BCUT2D eigenvalue weighted by Crippen LogP contribution is 2.17. The van der Waals surface area contributed by atoms with Gasteiger partial charge in [0.15, 0.2) is 6.10 Å². The average molecular weight is 396 g/mol. The lowest BCUT2D eigenvalue weighted by Crippen LogP contribution is -2.25. The molecule has 1 N–H and O–H groups in total. The van der Waals surface area contributed by atoms with Crippen LogP contribution in [-0.4, -0.2) is 29.4 Å². The van der Waals surface area contributed by atoms with Gasteiger partial charge in [0.2, 0.25) is 5.78 Å². The minimum Gasteiger partial charge on any atom is -0.494 e. The summed E-state index contributed by atoms with van der Waals surface area (Å²) < 4.78 is 10.6. The fourth-order valence-corrected chi connectivity index (χ4v) is 3.07. The van der Waals surface area contributed by atoms with Gasteiger partial charge in [-0.3, -0.25) is 14.4 Å². The number of nitriles is 1. The molecule has 0 aliphatic carbocycles. The summed E-state index contributed by atoms with van der Waals surface area (Å²) in [5.41, 5.74) is 1.92. The highest BCUT2D eigenvalue weighted by Gasteiger charge is 2.20. The first-order valence-electron chi connectivity index (χ1n) is 9.37. The van der Waals surface area contributed by atoms with E-state index >= 15 is 0 Å². The zero-order valence-corrected chi connectivity index (χ0v) is 17.0. The van der Waals surface area contributed by atoms with Crippen LogP contribution in [-0.2, 0) is 16.0 Å². The van der Waals surface area contributed by atoms with Gasteiger partial charge in [0.05, 0.1) is 6.61 Å². The number of hydrogen-bond donors (Lipinski definition) is 1. The van der Waals surface area contributed by atoms with Crippen LogP contribution in [0.2, 0.25) is 0 Å². The number of ether oxygens (including phenoxy) is 2. The maximum absolute atomic E-state index is 12.5. The van der Waals surface area contributed by atoms with Crippen molar-refractivity contribution in [2.75, 3.05) is 6.61 Å². The van der Waals surface area contributed by atoms with E-state index in [9.17, 15) is 14.4 Å². The van der Waals surface area contributed by atoms with Crippen LogP contribution in [0.25, 0.3) is 0 Å². The van der Waals surface area contributed by atoms with Crippen molar-refractivity contribution < 1.29 is 19.1 Å². The average Bonchev–Trinajstić information content (AvgIpc) is 2.68. The number of ketones is 1. The Bertz CT molecular complexity index is 1000. The molecule has 0 saturated carbocycles. The molecule has 7 nitrogen and oxygen atoms in total. The van der Waals surface area contributed by atoms with E-state index < -0.39 is 17.6 Å². The van der Waals surface area contributed by atoms with Crippen molar-refractivity contribution >= 4 is 11.8 Å². The van der Waals surface area contributed by atoms with Crippen molar-refractivity contribution in [2.24, 2.45) is 0 Å². The Kier molecular flexibility index (Phi) is 7.32. The molecule has 0 unspecified atom stereocenters. The van der Waals surface area contributed by atoms with Crippen LogP contribution < -0.4 is 10.3 Å². The number of rotatable bonds is 8. The lowest BCUT2D eigenvalue weighted by molar-refractivity contribution is -0.146. The molecule has 1 aromatic carbocycles. The predicted octanol–water partition coefficient (Wildman–Crippen LogP) is 3.01. The Morgan fingerprint density at radius 2 is 1.86 bits per heavy atom. The molecule has 2 aromatic rings. The minimum atomic E-state index is -0.923. The summed E-state index contributed by atoms with van der Waals surface area (Å²) in [6.45, 7) is 7.33. The zero-order chi connectivity index (χ0) is 21.6. The quantitative estimate of drug-likeness (QED) is 0.543. The van der Waals surface area contributed by atoms with Gasteiger partial charge in [0, 0.05) is 17.7 Å². The number of nitrogens with zero attached hydrogens (tertiary/aromatic N) is 1. The molecule has 0 aliphatic rings. The van der Waals surface area contributed by atoms with Gasteiger partial charge in [0.25, 0.3) is 5.56 Å². The van der Waals surface area contributed by atoms with Crippen molar-refractivity contribution in [3.05, 3.63) is 62.6 Å². The van der Waals surface area contributed by atoms with Crippen LogP contribution >= 0.6 is 0 Å². The lowest BCUT2D eigenvalue weighted by Gasteiger charge is -2.14. The second-order valence-electron chi connectivity index (χ2n) is 6.62. The fraction of sp³-hybridized carbons (Fsp3) is 0.364. The van der Waals surface area contributed by atoms with Gasteiger partial charge in [-0.2, -0.15) is 5.26 Å². The summed E-state index contributed by atoms with van der Waals surface area (Å²) in [7, 11) is 0. The van der Waals surface area contributed by atoms with E-state index in [1.54, 1.807) is 38.1 Å². The van der Waals surface area contributed by atoms with Crippen molar-refractivity contribution in [1.29, 1.82) is 5.26 Å². The molecule has 0 aliphatic heterocycles. The third-order valence-corrected chi connectivity index (χ3v) is 4.63. The summed E-state index contributed by atoms with van der Waals surface area (Å²) >= 11 is 0. The maximum Gasteiger partial charge on any atom is 0.306 e. The first kappa shape index (κ1) is 21.9. The van der Waals surface area contributed by atoms with Crippen LogP contribution in [0.15, 0.2) is 29.1 Å². The summed E-state index contributed by atoms with van der Waals surface area (Å²) in [5.74, 6) is -0.165. The monoisotopic (exact) mass is 396 g/mol. The number of aromatic amines is 1. The largest absolute Gasteiger partial charge is 0.494 e. The van der Waals surface area contributed by atoms with E-state index in [-0.39, 0.29) is 17.8 Å². The Labute approximate surface area is 169 Å². The number of hydrogen-bond acceptors (Lipinski definition) is 6. The molecule has 1 heterocycles. The molecule has 0 fully saturated rings. The Hall–Kier alpha value is -3.40. The standard InChI is InChI=1S/C22H24N2O5/c1-5-28-17-8-6-16(7-9-17)21(26)15(4)29-20(25)11-10-18-13(2)19(12-23)22(27)24-14(18)3/h6-9,15H,5,10-11H2,1-4H3,(H,24,27)/t15-/m1/s1. The molecule has 1 atom stereocenters. The van der Waals surface area contributed by atoms with Crippen LogP contribution in [0.5, 0.6) is 5.75 Å². The lowest BCUT2D eigenvalue weighted by atomic mass is 9.99. The fourth-order valence-electron chi connectivity index (χ4n) is 3.07. The molecule has 0 spiro atoms. The van der Waals surface area contributed by atoms with Crippen LogP contribution in [0.3, 0.4) is 0 Å². The van der Waals surface area contributed by atoms with Gasteiger partial charge in [-0.1, -0.05) is 0 Å². The van der Waals surface area contributed by atoms with Crippen molar-refractivity contribution in [1.82, 2.24) is 4.98 Å². The predicted molar refractivity (Wildman–Crippen MR) is 107 cm³/mol. The Balaban J connectivity index is 2.00. The van der Waals surface area contributed by atoms with Crippen LogP contribution in [0.1, 0.15) is 53.0 Å².